The van der Waals surface area contributed by atoms with E-state index in [1.165, 1.54) is 0 Å². The van der Waals surface area contributed by atoms with Crippen LogP contribution in [0.1, 0.15) is 41.1 Å². The molecule has 1 N–H and O–H groups in total. The van der Waals surface area contributed by atoms with Crippen LogP contribution in [0.15, 0.2) is 65.5 Å². The van der Waals surface area contributed by atoms with Gasteiger partial charge in [0.1, 0.15) is 11.5 Å². The van der Waals surface area contributed by atoms with Gasteiger partial charge in [-0.2, -0.15) is 0 Å². The third-order valence-electron chi connectivity index (χ3n) is 5.25. The van der Waals surface area contributed by atoms with Crippen LogP contribution in [-0.4, -0.2) is 32.1 Å². The first-order valence-corrected chi connectivity index (χ1v) is 10.2. The number of fused-ring (bicyclic) bond motifs is 1. The highest BCUT2D eigenvalue weighted by atomic mass is 16.5. The lowest BCUT2D eigenvalue weighted by Gasteiger charge is -2.20. The molecule has 0 radical (unpaired) electrons. The molecule has 0 bridgehead atoms. The molecule has 0 fully saturated rings. The second-order valence-corrected chi connectivity index (χ2v) is 7.26. The zero-order valence-electron chi connectivity index (χ0n) is 17.0. The molecular formula is C23H21N5O3. The van der Waals surface area contributed by atoms with Gasteiger partial charge in [-0.15, -0.1) is 5.10 Å². The van der Waals surface area contributed by atoms with Crippen molar-refractivity contribution >= 4 is 17.3 Å². The summed E-state index contributed by atoms with van der Waals surface area (Å²) in [7, 11) is 0. The van der Waals surface area contributed by atoms with Gasteiger partial charge in [-0.3, -0.25) is 4.79 Å². The fourth-order valence-corrected chi connectivity index (χ4v) is 3.88. The Morgan fingerprint density at radius 2 is 1.94 bits per heavy atom. The van der Waals surface area contributed by atoms with Crippen molar-refractivity contribution in [3.8, 4) is 11.7 Å². The summed E-state index contributed by atoms with van der Waals surface area (Å²) in [6, 6.07) is 13.0. The molecule has 0 saturated carbocycles. The van der Waals surface area contributed by atoms with E-state index >= 15 is 0 Å². The molecule has 0 aliphatic heterocycles. The van der Waals surface area contributed by atoms with Crippen LogP contribution in [0.2, 0.25) is 0 Å². The largest absolute Gasteiger partial charge is 0.494 e. The van der Waals surface area contributed by atoms with Gasteiger partial charge >= 0.3 is 0 Å². The van der Waals surface area contributed by atoms with Crippen molar-refractivity contribution in [3.63, 3.8) is 0 Å². The number of carbonyl (C=O) groups is 1. The summed E-state index contributed by atoms with van der Waals surface area (Å²) in [5.74, 6) is 2.46. The molecule has 0 amide bonds. The highest BCUT2D eigenvalue weighted by molar-refractivity contribution is 6.03. The predicted molar refractivity (Wildman–Crippen MR) is 114 cm³/mol. The van der Waals surface area contributed by atoms with Gasteiger partial charge < -0.3 is 14.5 Å². The Bertz CT molecular complexity index is 1180. The maximum atomic E-state index is 13.2. The Hall–Kier alpha value is -3.94. The number of ketones is 1. The monoisotopic (exact) mass is 415 g/mol. The number of nitrogens with zero attached hydrogens (tertiary/aromatic N) is 4. The summed E-state index contributed by atoms with van der Waals surface area (Å²) >= 11 is 0. The molecule has 4 aromatic rings. The van der Waals surface area contributed by atoms with Crippen molar-refractivity contribution in [1.82, 2.24) is 19.7 Å². The fourth-order valence-electron chi connectivity index (χ4n) is 3.88. The number of Topliss-reactive ketones (excluding diaryl/α,β-unsaturated/α-hetero) is 1. The number of benzene rings is 1. The lowest BCUT2D eigenvalue weighted by molar-refractivity contribution is 0.0960. The minimum absolute atomic E-state index is 0.0123. The maximum absolute atomic E-state index is 13.2. The number of anilines is 2. The number of hydrogen-bond acceptors (Lipinski definition) is 7. The smallest absolute Gasteiger partial charge is 0.250 e. The van der Waals surface area contributed by atoms with E-state index in [4.69, 9.17) is 9.15 Å². The Morgan fingerprint density at radius 1 is 1.13 bits per heavy atom. The second kappa shape index (κ2) is 8.06. The van der Waals surface area contributed by atoms with Gasteiger partial charge in [-0.25, -0.2) is 14.6 Å². The number of nitrogens with one attached hydrogen (secondary N) is 1. The number of furan rings is 1. The first kappa shape index (κ1) is 19.0. The van der Waals surface area contributed by atoms with E-state index < -0.39 is 0 Å². The molecule has 8 nitrogen and oxygen atoms in total. The SMILES string of the molecule is CCOc1ccc(Nc2nn(-c3ncccn3)c3c2C(=O)CC(c2ccco2)C3)cc1. The Labute approximate surface area is 178 Å². The number of aromatic nitrogens is 4. The normalized spacial score (nSPS) is 15.5. The molecule has 3 aromatic heterocycles. The number of rotatable bonds is 6. The van der Waals surface area contributed by atoms with Crippen LogP contribution < -0.4 is 10.1 Å². The van der Waals surface area contributed by atoms with Crippen LogP contribution >= 0.6 is 0 Å². The van der Waals surface area contributed by atoms with Gasteiger partial charge in [0, 0.05) is 36.8 Å². The first-order valence-electron chi connectivity index (χ1n) is 10.2. The van der Waals surface area contributed by atoms with Gasteiger partial charge in [-0.1, -0.05) is 0 Å². The fraction of sp³-hybridized carbons (Fsp3) is 0.217. The van der Waals surface area contributed by atoms with Gasteiger partial charge in [-0.05, 0) is 49.4 Å². The minimum Gasteiger partial charge on any atom is -0.494 e. The summed E-state index contributed by atoms with van der Waals surface area (Å²) in [5.41, 5.74) is 2.16. The molecule has 0 saturated heterocycles. The van der Waals surface area contributed by atoms with E-state index in [0.29, 0.717) is 36.8 Å². The standard InChI is InChI=1S/C23H21N5O3/c1-2-30-17-8-6-16(7-9-17)26-22-21-18(28(27-22)23-24-10-4-11-25-23)13-15(14-19(21)29)20-5-3-12-31-20/h3-12,15H,2,13-14H2,1H3,(H,26,27). The average molecular weight is 415 g/mol. The van der Waals surface area contributed by atoms with Gasteiger partial charge in [0.05, 0.1) is 24.1 Å². The summed E-state index contributed by atoms with van der Waals surface area (Å²) in [6.45, 7) is 2.55. The molecule has 1 atom stereocenters. The molecule has 1 aliphatic carbocycles. The Morgan fingerprint density at radius 3 is 2.65 bits per heavy atom. The molecule has 1 aromatic carbocycles. The molecule has 5 rings (SSSR count). The Balaban J connectivity index is 1.55. The topological polar surface area (TPSA) is 95.1 Å². The van der Waals surface area contributed by atoms with Crippen LogP contribution in [0, 0.1) is 0 Å². The van der Waals surface area contributed by atoms with Crippen molar-refractivity contribution < 1.29 is 13.9 Å². The van der Waals surface area contributed by atoms with Crippen molar-refractivity contribution in [2.75, 3.05) is 11.9 Å². The average Bonchev–Trinajstić information content (AvgIpc) is 3.45. The molecule has 156 valence electrons. The highest BCUT2D eigenvalue weighted by Crippen LogP contribution is 2.37. The zero-order valence-corrected chi connectivity index (χ0v) is 17.0. The van der Waals surface area contributed by atoms with Crippen LogP contribution in [0.3, 0.4) is 0 Å². The van der Waals surface area contributed by atoms with Crippen molar-refractivity contribution in [3.05, 3.63) is 78.1 Å². The first-order chi connectivity index (χ1) is 15.2. The molecule has 31 heavy (non-hydrogen) atoms. The Kier molecular flexibility index (Phi) is 4.95. The molecular weight excluding hydrogens is 394 g/mol. The van der Waals surface area contributed by atoms with Crippen LogP contribution in [0.5, 0.6) is 5.75 Å². The lowest BCUT2D eigenvalue weighted by atomic mass is 9.85. The second-order valence-electron chi connectivity index (χ2n) is 7.26. The number of hydrogen-bond donors (Lipinski definition) is 1. The van der Waals surface area contributed by atoms with Crippen molar-refractivity contribution in [2.24, 2.45) is 0 Å². The van der Waals surface area contributed by atoms with Crippen LogP contribution in [-0.2, 0) is 6.42 Å². The molecule has 0 spiro atoms. The molecule has 3 heterocycles. The lowest BCUT2D eigenvalue weighted by Crippen LogP contribution is -2.21. The maximum Gasteiger partial charge on any atom is 0.250 e. The quantitative estimate of drug-likeness (QED) is 0.501. The van der Waals surface area contributed by atoms with E-state index in [9.17, 15) is 4.79 Å². The van der Waals surface area contributed by atoms with E-state index in [1.54, 1.807) is 29.4 Å². The van der Waals surface area contributed by atoms with Crippen LogP contribution in [0.4, 0.5) is 11.5 Å². The third kappa shape index (κ3) is 3.68. The third-order valence-corrected chi connectivity index (χ3v) is 5.25. The van der Waals surface area contributed by atoms with E-state index in [0.717, 1.165) is 22.9 Å². The molecule has 1 unspecified atom stereocenters. The molecule has 8 heteroatoms. The molecule has 1 aliphatic rings. The van der Waals surface area contributed by atoms with E-state index in [2.05, 4.69) is 20.4 Å². The van der Waals surface area contributed by atoms with Crippen LogP contribution in [0.25, 0.3) is 5.95 Å². The predicted octanol–water partition coefficient (Wildman–Crippen LogP) is 4.31. The summed E-state index contributed by atoms with van der Waals surface area (Å²) in [4.78, 5) is 21.9. The highest BCUT2D eigenvalue weighted by Gasteiger charge is 2.35. The van der Waals surface area contributed by atoms with E-state index in [-0.39, 0.29) is 11.7 Å². The van der Waals surface area contributed by atoms with Crippen molar-refractivity contribution in [1.29, 1.82) is 0 Å². The minimum atomic E-state index is -0.0486. The summed E-state index contributed by atoms with van der Waals surface area (Å²) < 4.78 is 12.7. The summed E-state index contributed by atoms with van der Waals surface area (Å²) in [5, 5.41) is 7.96. The number of ether oxygens (including phenoxy) is 1. The van der Waals surface area contributed by atoms with Gasteiger partial charge in [0.25, 0.3) is 5.95 Å². The summed E-state index contributed by atoms with van der Waals surface area (Å²) in [6.07, 6.45) is 5.91. The van der Waals surface area contributed by atoms with Gasteiger partial charge in [0.2, 0.25) is 0 Å². The van der Waals surface area contributed by atoms with Crippen molar-refractivity contribution in [2.45, 2.75) is 25.7 Å². The van der Waals surface area contributed by atoms with E-state index in [1.807, 2.05) is 43.3 Å². The number of carbonyl (C=O) groups excluding carboxylic acids is 1. The zero-order chi connectivity index (χ0) is 21.2. The van der Waals surface area contributed by atoms with Gasteiger partial charge in [0.15, 0.2) is 11.6 Å².